The fourth-order valence-corrected chi connectivity index (χ4v) is 2.47. The quantitative estimate of drug-likeness (QED) is 0.609. The van der Waals surface area contributed by atoms with Gasteiger partial charge < -0.3 is 13.9 Å². The molecule has 1 amide bonds. The van der Waals surface area contributed by atoms with Gasteiger partial charge in [0.1, 0.15) is 5.60 Å². The number of carbonyl (C=O) groups excluding carboxylic acids is 2. The predicted octanol–water partition coefficient (Wildman–Crippen LogP) is 5.05. The van der Waals surface area contributed by atoms with Crippen LogP contribution in [-0.4, -0.2) is 22.6 Å². The molecular weight excluding hydrogens is 372 g/mol. The van der Waals surface area contributed by atoms with E-state index in [0.29, 0.717) is 17.3 Å². The molecule has 2 aromatic carbocycles. The Morgan fingerprint density at radius 3 is 2.55 bits per heavy atom. The third-order valence-electron chi connectivity index (χ3n) is 3.68. The molecule has 0 saturated carbocycles. The van der Waals surface area contributed by atoms with E-state index in [9.17, 15) is 9.59 Å². The number of carbonyl (C=O) groups is 2. The highest BCUT2D eigenvalue weighted by molar-refractivity contribution is 5.92. The fourth-order valence-electron chi connectivity index (χ4n) is 2.47. The Morgan fingerprint density at radius 1 is 1.07 bits per heavy atom. The van der Waals surface area contributed by atoms with Gasteiger partial charge in [-0.3, -0.25) is 5.32 Å². The second-order valence-electron chi connectivity index (χ2n) is 7.27. The molecule has 0 fully saturated rings. The van der Waals surface area contributed by atoms with E-state index in [0.717, 1.165) is 5.56 Å². The van der Waals surface area contributed by atoms with Crippen LogP contribution in [0.3, 0.4) is 0 Å². The van der Waals surface area contributed by atoms with Gasteiger partial charge in [-0.15, -0.1) is 0 Å². The van der Waals surface area contributed by atoms with E-state index < -0.39 is 17.7 Å². The van der Waals surface area contributed by atoms with Crippen molar-refractivity contribution in [3.8, 4) is 11.3 Å². The van der Waals surface area contributed by atoms with Gasteiger partial charge in [0.2, 0.25) is 5.89 Å². The van der Waals surface area contributed by atoms with Gasteiger partial charge in [-0.1, -0.05) is 36.4 Å². The van der Waals surface area contributed by atoms with Gasteiger partial charge in [0.25, 0.3) is 0 Å². The van der Waals surface area contributed by atoms with E-state index in [1.807, 2.05) is 30.3 Å². The normalized spacial score (nSPS) is 11.0. The van der Waals surface area contributed by atoms with Gasteiger partial charge in [0, 0.05) is 11.3 Å². The average Bonchev–Trinajstić information content (AvgIpc) is 3.14. The lowest BCUT2D eigenvalue weighted by Gasteiger charge is -2.19. The van der Waals surface area contributed by atoms with Crippen molar-refractivity contribution in [3.05, 3.63) is 72.2 Å². The van der Waals surface area contributed by atoms with E-state index in [4.69, 9.17) is 13.9 Å². The molecular formula is C22H22N2O5. The maximum absolute atomic E-state index is 12.3. The molecule has 0 unspecified atom stereocenters. The Morgan fingerprint density at radius 2 is 1.83 bits per heavy atom. The summed E-state index contributed by atoms with van der Waals surface area (Å²) in [5, 5.41) is 2.59. The maximum Gasteiger partial charge on any atom is 0.412 e. The van der Waals surface area contributed by atoms with Crippen molar-refractivity contribution in [2.45, 2.75) is 33.0 Å². The zero-order valence-corrected chi connectivity index (χ0v) is 16.5. The Bertz CT molecular complexity index is 990. The van der Waals surface area contributed by atoms with Gasteiger partial charge in [0.05, 0.1) is 11.8 Å². The first-order valence-electron chi connectivity index (χ1n) is 9.07. The summed E-state index contributed by atoms with van der Waals surface area (Å²) in [5.74, 6) is 0.331. The summed E-state index contributed by atoms with van der Waals surface area (Å²) in [6, 6.07) is 15.9. The Kier molecular flexibility index (Phi) is 5.97. The molecule has 3 rings (SSSR count). The largest absolute Gasteiger partial charge is 0.452 e. The highest BCUT2D eigenvalue weighted by Crippen LogP contribution is 2.20. The topological polar surface area (TPSA) is 90.7 Å². The van der Waals surface area contributed by atoms with Gasteiger partial charge in [-0.2, -0.15) is 0 Å². The highest BCUT2D eigenvalue weighted by Gasteiger charge is 2.17. The molecule has 1 aromatic heterocycles. The predicted molar refractivity (Wildman–Crippen MR) is 107 cm³/mol. The summed E-state index contributed by atoms with van der Waals surface area (Å²) in [5.41, 5.74) is 0.984. The van der Waals surface area contributed by atoms with Crippen molar-refractivity contribution < 1.29 is 23.5 Å². The number of esters is 1. The number of hydrogen-bond acceptors (Lipinski definition) is 6. The first-order valence-corrected chi connectivity index (χ1v) is 9.07. The number of ether oxygens (including phenoxy) is 2. The molecule has 150 valence electrons. The minimum atomic E-state index is -0.616. The molecule has 0 aliphatic heterocycles. The van der Waals surface area contributed by atoms with Crippen LogP contribution in [0.2, 0.25) is 0 Å². The second-order valence-corrected chi connectivity index (χ2v) is 7.27. The number of nitrogens with one attached hydrogen (secondary N) is 1. The smallest absolute Gasteiger partial charge is 0.412 e. The van der Waals surface area contributed by atoms with Crippen LogP contribution in [0, 0.1) is 0 Å². The van der Waals surface area contributed by atoms with Crippen molar-refractivity contribution in [1.29, 1.82) is 0 Å². The maximum atomic E-state index is 12.3. The summed E-state index contributed by atoms with van der Waals surface area (Å²) in [6.45, 7) is 5.21. The average molecular weight is 394 g/mol. The van der Waals surface area contributed by atoms with E-state index in [-0.39, 0.29) is 12.2 Å². The fraction of sp³-hybridized carbons (Fsp3) is 0.227. The van der Waals surface area contributed by atoms with Crippen molar-refractivity contribution in [1.82, 2.24) is 4.98 Å². The Labute approximate surface area is 168 Å². The van der Waals surface area contributed by atoms with Crippen LogP contribution >= 0.6 is 0 Å². The minimum absolute atomic E-state index is 0.102. The number of aromatic nitrogens is 1. The van der Waals surface area contributed by atoms with E-state index in [2.05, 4.69) is 10.3 Å². The molecule has 0 aliphatic rings. The lowest BCUT2D eigenvalue weighted by molar-refractivity contribution is 0.0438. The van der Waals surface area contributed by atoms with E-state index >= 15 is 0 Å². The van der Waals surface area contributed by atoms with Gasteiger partial charge in [-0.05, 0) is 39.0 Å². The number of nitrogens with zero attached hydrogens (tertiary/aromatic N) is 1. The first-order chi connectivity index (χ1) is 13.8. The molecule has 7 heteroatoms. The van der Waals surface area contributed by atoms with Crippen molar-refractivity contribution in [2.24, 2.45) is 0 Å². The molecule has 7 nitrogen and oxygen atoms in total. The minimum Gasteiger partial charge on any atom is -0.452 e. The number of benzene rings is 2. The molecule has 29 heavy (non-hydrogen) atoms. The third-order valence-corrected chi connectivity index (χ3v) is 3.68. The van der Waals surface area contributed by atoms with Crippen molar-refractivity contribution in [2.75, 3.05) is 5.32 Å². The zero-order valence-electron chi connectivity index (χ0n) is 16.5. The van der Waals surface area contributed by atoms with Crippen LogP contribution in [-0.2, 0) is 16.1 Å². The molecule has 0 bridgehead atoms. The molecule has 0 atom stereocenters. The Balaban J connectivity index is 1.59. The van der Waals surface area contributed by atoms with Crippen LogP contribution in [0.1, 0.15) is 37.0 Å². The second kappa shape index (κ2) is 8.60. The van der Waals surface area contributed by atoms with Crippen LogP contribution < -0.4 is 5.32 Å². The zero-order chi connectivity index (χ0) is 20.9. The van der Waals surface area contributed by atoms with Crippen molar-refractivity contribution in [3.63, 3.8) is 0 Å². The molecule has 0 saturated heterocycles. The molecule has 0 spiro atoms. The number of amides is 1. The molecule has 0 aliphatic carbocycles. The van der Waals surface area contributed by atoms with Gasteiger partial charge >= 0.3 is 12.1 Å². The summed E-state index contributed by atoms with van der Waals surface area (Å²) >= 11 is 0. The van der Waals surface area contributed by atoms with Gasteiger partial charge in [0.15, 0.2) is 12.4 Å². The first kappa shape index (κ1) is 20.1. The van der Waals surface area contributed by atoms with Gasteiger partial charge in [-0.25, -0.2) is 14.6 Å². The summed E-state index contributed by atoms with van der Waals surface area (Å²) in [6.07, 6.45) is 0.986. The van der Waals surface area contributed by atoms with E-state index in [1.165, 1.54) is 6.07 Å². The highest BCUT2D eigenvalue weighted by atomic mass is 16.6. The number of hydrogen-bond donors (Lipinski definition) is 1. The molecule has 0 radical (unpaired) electrons. The van der Waals surface area contributed by atoms with E-state index in [1.54, 1.807) is 45.2 Å². The van der Waals surface area contributed by atoms with Crippen LogP contribution in [0.5, 0.6) is 0 Å². The number of oxazole rings is 1. The standard InChI is InChI=1S/C22H22N2O5/c1-22(2,3)29-21(26)24-17-11-7-10-16(12-17)20(25)27-14-19-23-13-18(28-19)15-8-5-4-6-9-15/h4-13H,14H2,1-3H3,(H,24,26). The summed E-state index contributed by atoms with van der Waals surface area (Å²) in [4.78, 5) is 28.3. The summed E-state index contributed by atoms with van der Waals surface area (Å²) in [7, 11) is 0. The number of rotatable bonds is 5. The molecule has 1 N–H and O–H groups in total. The summed E-state index contributed by atoms with van der Waals surface area (Å²) < 4.78 is 16.1. The number of anilines is 1. The van der Waals surface area contributed by atoms with Crippen LogP contribution in [0.4, 0.5) is 10.5 Å². The SMILES string of the molecule is CC(C)(C)OC(=O)Nc1cccc(C(=O)OCc2ncc(-c3ccccc3)o2)c1. The van der Waals surface area contributed by atoms with Crippen LogP contribution in [0.25, 0.3) is 11.3 Å². The Hall–Kier alpha value is -3.61. The lowest BCUT2D eigenvalue weighted by Crippen LogP contribution is -2.27. The van der Waals surface area contributed by atoms with Crippen LogP contribution in [0.15, 0.2) is 65.2 Å². The molecule has 1 heterocycles. The van der Waals surface area contributed by atoms with Crippen molar-refractivity contribution >= 4 is 17.7 Å². The molecule has 3 aromatic rings. The lowest BCUT2D eigenvalue weighted by atomic mass is 10.2. The third kappa shape index (κ3) is 5.93. The monoisotopic (exact) mass is 394 g/mol.